The summed E-state index contributed by atoms with van der Waals surface area (Å²) < 4.78 is 6.16. The lowest BCUT2D eigenvalue weighted by Crippen LogP contribution is -2.58. The average molecular weight is 503 g/mol. The Balaban J connectivity index is 1.46. The molecule has 1 N–H and O–H groups in total. The molecule has 5 rings (SSSR count). The zero-order valence-corrected chi connectivity index (χ0v) is 21.3. The van der Waals surface area contributed by atoms with Gasteiger partial charge in [-0.15, -0.1) is 0 Å². The third-order valence-electron chi connectivity index (χ3n) is 7.88. The first-order chi connectivity index (χ1) is 18.0. The molecule has 1 heterocycles. The molecule has 3 fully saturated rings. The molecular weight excluding hydrogens is 468 g/mol. The molecule has 3 unspecified atom stereocenters. The number of piperidine rings is 1. The van der Waals surface area contributed by atoms with Crippen molar-refractivity contribution in [3.8, 4) is 0 Å². The number of allylic oxidation sites excluding steroid dienone is 2. The van der Waals surface area contributed by atoms with Crippen LogP contribution in [0.4, 0.5) is 4.79 Å². The van der Waals surface area contributed by atoms with Crippen molar-refractivity contribution in [3.05, 3.63) is 70.8 Å². The van der Waals surface area contributed by atoms with E-state index in [1.54, 1.807) is 11.0 Å². The topological polar surface area (TPSA) is 87.2 Å². The fourth-order valence-corrected chi connectivity index (χ4v) is 6.15. The first-order valence-corrected chi connectivity index (χ1v) is 13.5. The van der Waals surface area contributed by atoms with Gasteiger partial charge in [-0.3, -0.25) is 14.5 Å². The van der Waals surface area contributed by atoms with E-state index in [9.17, 15) is 14.4 Å². The van der Waals surface area contributed by atoms with Gasteiger partial charge in [0.15, 0.2) is 0 Å². The van der Waals surface area contributed by atoms with Crippen LogP contribution in [0.1, 0.15) is 76.4 Å². The molecule has 7 heteroatoms. The van der Waals surface area contributed by atoms with Gasteiger partial charge in [0.1, 0.15) is 11.8 Å². The van der Waals surface area contributed by atoms with Crippen LogP contribution in [-0.2, 0) is 14.3 Å². The van der Waals surface area contributed by atoms with Gasteiger partial charge >= 0.3 is 12.1 Å². The maximum atomic E-state index is 13.8. The number of benzene rings is 1. The molecule has 0 aromatic heterocycles. The molecule has 194 valence electrons. The van der Waals surface area contributed by atoms with Gasteiger partial charge in [-0.05, 0) is 55.6 Å². The van der Waals surface area contributed by atoms with E-state index in [0.29, 0.717) is 5.70 Å². The molecule has 1 aromatic rings. The Morgan fingerprint density at radius 1 is 1.14 bits per heavy atom. The van der Waals surface area contributed by atoms with Crippen LogP contribution in [0.25, 0.3) is 0 Å². The molecule has 1 aliphatic heterocycles. The first-order valence-electron chi connectivity index (χ1n) is 13.5. The van der Waals surface area contributed by atoms with Crippen molar-refractivity contribution < 1.29 is 24.2 Å². The van der Waals surface area contributed by atoms with Crippen molar-refractivity contribution in [2.45, 2.75) is 88.9 Å². The summed E-state index contributed by atoms with van der Waals surface area (Å²) in [5, 5.41) is 9.17. The number of amides is 2. The molecule has 4 aliphatic rings. The summed E-state index contributed by atoms with van der Waals surface area (Å²) in [5.41, 5.74) is 8.67. The van der Waals surface area contributed by atoms with Crippen molar-refractivity contribution in [1.82, 2.24) is 9.80 Å². The quantitative estimate of drug-likeness (QED) is 0.450. The smallest absolute Gasteiger partial charge is 0.415 e. The Hall–Kier alpha value is -3.53. The number of ether oxygens (including phenoxy) is 1. The summed E-state index contributed by atoms with van der Waals surface area (Å²) >= 11 is 0. The van der Waals surface area contributed by atoms with Crippen LogP contribution >= 0.6 is 0 Å². The summed E-state index contributed by atoms with van der Waals surface area (Å²) in [5.74, 6) is -1.03. The maximum absolute atomic E-state index is 13.8. The third kappa shape index (κ3) is 5.16. The van der Waals surface area contributed by atoms with E-state index in [1.807, 2.05) is 41.3 Å². The van der Waals surface area contributed by atoms with E-state index in [2.05, 4.69) is 18.4 Å². The van der Waals surface area contributed by atoms with Gasteiger partial charge in [0.25, 0.3) is 0 Å². The molecule has 2 saturated carbocycles. The molecule has 0 spiro atoms. The molecule has 4 atom stereocenters. The Labute approximate surface area is 217 Å². The van der Waals surface area contributed by atoms with Gasteiger partial charge in [0.2, 0.25) is 5.91 Å². The highest BCUT2D eigenvalue weighted by atomic mass is 16.6. The van der Waals surface area contributed by atoms with Crippen molar-refractivity contribution in [1.29, 1.82) is 0 Å². The number of aliphatic carboxylic acids is 1. The van der Waals surface area contributed by atoms with Crippen LogP contribution in [0, 0.1) is 5.92 Å². The van der Waals surface area contributed by atoms with Crippen molar-refractivity contribution in [2.24, 2.45) is 5.92 Å². The van der Waals surface area contributed by atoms with Gasteiger partial charge in [0, 0.05) is 30.0 Å². The van der Waals surface area contributed by atoms with E-state index < -0.39 is 5.97 Å². The van der Waals surface area contributed by atoms with Crippen molar-refractivity contribution >= 4 is 18.0 Å². The average Bonchev–Trinajstić information content (AvgIpc) is 3.62. The van der Waals surface area contributed by atoms with Gasteiger partial charge in [-0.25, -0.2) is 4.79 Å². The number of rotatable bonds is 9. The molecule has 3 aliphatic carbocycles. The molecule has 1 aromatic carbocycles. The Kier molecular flexibility index (Phi) is 7.36. The fourth-order valence-electron chi connectivity index (χ4n) is 6.15. The predicted octanol–water partition coefficient (Wildman–Crippen LogP) is 5.51. The first kappa shape index (κ1) is 25.1. The summed E-state index contributed by atoms with van der Waals surface area (Å²) in [4.78, 5) is 42.1. The number of hydrogen-bond donors (Lipinski definition) is 1. The van der Waals surface area contributed by atoms with E-state index in [-0.39, 0.29) is 55.0 Å². The number of carboxylic acid groups (broad SMARTS) is 1. The normalized spacial score (nSPS) is 24.5. The standard InChI is InChI=1S/C30H34N2O5/c1-2-9-26(20-10-4-3-5-11-20)37-30(36)32-24-14-7-6-12-22(24)29(23-13-8-15-25(23)32)31(21-16-17-21)27(33)18-19-28(34)35/h3-6,10-12,21,23,25-26,29H,2,8-9,13,15-19H2,1H3,(H,34,35)/t23?,25?,26-,29?/m0/s1. The molecule has 0 bridgehead atoms. The number of nitrogens with zero attached hydrogens (tertiary/aromatic N) is 2. The van der Waals surface area contributed by atoms with Crippen LogP contribution in [0.5, 0.6) is 0 Å². The van der Waals surface area contributed by atoms with E-state index in [4.69, 9.17) is 9.84 Å². The summed E-state index contributed by atoms with van der Waals surface area (Å²) in [6.45, 7) is 2.08. The monoisotopic (exact) mass is 502 g/mol. The van der Waals surface area contributed by atoms with Gasteiger partial charge in [0.05, 0.1) is 12.5 Å². The number of carbonyl (C=O) groups is 3. The number of carbonyl (C=O) groups excluding carboxylic acids is 2. The van der Waals surface area contributed by atoms with Gasteiger partial charge < -0.3 is 14.7 Å². The number of fused-ring (bicyclic) bond motifs is 2. The highest BCUT2D eigenvalue weighted by Gasteiger charge is 2.53. The summed E-state index contributed by atoms with van der Waals surface area (Å²) in [6, 6.07) is 9.65. The fraction of sp³-hybridized carbons (Fsp3) is 0.500. The zero-order chi connectivity index (χ0) is 25.9. The SMILES string of the molecule is CCC[C@H](OC(=O)N1C2=C=C=CC=C2C(N(C(=O)CCC(=O)O)C2CC2)C2CCCC21)c1ccccc1. The van der Waals surface area contributed by atoms with E-state index in [0.717, 1.165) is 56.1 Å². The second-order valence-corrected chi connectivity index (χ2v) is 10.4. The third-order valence-corrected chi connectivity index (χ3v) is 7.88. The summed E-state index contributed by atoms with van der Waals surface area (Å²) in [6.07, 6.45) is 8.92. The number of hydrogen-bond acceptors (Lipinski definition) is 4. The second kappa shape index (κ2) is 10.8. The Morgan fingerprint density at radius 2 is 1.92 bits per heavy atom. The molecule has 1 saturated heterocycles. The lowest BCUT2D eigenvalue weighted by molar-refractivity contribution is -0.142. The highest BCUT2D eigenvalue weighted by molar-refractivity contribution is 5.82. The van der Waals surface area contributed by atoms with E-state index >= 15 is 0 Å². The zero-order valence-electron chi connectivity index (χ0n) is 21.3. The molecule has 7 nitrogen and oxygen atoms in total. The van der Waals surface area contributed by atoms with Crippen LogP contribution in [0.15, 0.2) is 65.2 Å². The second-order valence-electron chi connectivity index (χ2n) is 10.4. The predicted molar refractivity (Wildman–Crippen MR) is 137 cm³/mol. The Bertz CT molecular complexity index is 1190. The minimum atomic E-state index is -0.969. The van der Waals surface area contributed by atoms with E-state index in [1.165, 1.54) is 0 Å². The molecular formula is C30H34N2O5. The largest absolute Gasteiger partial charge is 0.481 e. The van der Waals surface area contributed by atoms with Gasteiger partial charge in [-0.2, -0.15) is 0 Å². The van der Waals surface area contributed by atoms with Crippen molar-refractivity contribution in [3.63, 3.8) is 0 Å². The molecule has 2 amide bonds. The minimum absolute atomic E-state index is 0.0146. The molecule has 37 heavy (non-hydrogen) atoms. The number of likely N-dealkylation sites (tertiary alicyclic amines) is 1. The minimum Gasteiger partial charge on any atom is -0.481 e. The van der Waals surface area contributed by atoms with Crippen molar-refractivity contribution in [2.75, 3.05) is 0 Å². The lowest BCUT2D eigenvalue weighted by atomic mass is 9.79. The molecule has 0 radical (unpaired) electrons. The number of carboxylic acids is 1. The van der Waals surface area contributed by atoms with Crippen LogP contribution in [0.3, 0.4) is 0 Å². The van der Waals surface area contributed by atoms with Crippen LogP contribution in [-0.4, -0.2) is 51.0 Å². The maximum Gasteiger partial charge on any atom is 0.415 e. The van der Waals surface area contributed by atoms with Gasteiger partial charge in [-0.1, -0.05) is 55.8 Å². The Morgan fingerprint density at radius 3 is 2.62 bits per heavy atom. The highest BCUT2D eigenvalue weighted by Crippen LogP contribution is 2.48. The van der Waals surface area contributed by atoms with Crippen LogP contribution in [0.2, 0.25) is 0 Å². The lowest BCUT2D eigenvalue weighted by Gasteiger charge is -2.48. The van der Waals surface area contributed by atoms with Crippen LogP contribution < -0.4 is 0 Å². The summed E-state index contributed by atoms with van der Waals surface area (Å²) in [7, 11) is 0.